The van der Waals surface area contributed by atoms with E-state index in [0.29, 0.717) is 6.54 Å². The van der Waals surface area contributed by atoms with Gasteiger partial charge in [0.1, 0.15) is 6.54 Å². The van der Waals surface area contributed by atoms with Gasteiger partial charge in [-0.2, -0.15) is 5.10 Å². The Labute approximate surface area is 69.8 Å². The van der Waals surface area contributed by atoms with Gasteiger partial charge >= 0.3 is 0 Å². The Morgan fingerprint density at radius 1 is 1.58 bits per heavy atom. The van der Waals surface area contributed by atoms with Crippen LogP contribution >= 0.6 is 0 Å². The highest BCUT2D eigenvalue weighted by Gasteiger charge is 1.98. The molecule has 0 unspecified atom stereocenters. The van der Waals surface area contributed by atoms with Crippen LogP contribution in [0.3, 0.4) is 0 Å². The van der Waals surface area contributed by atoms with Crippen LogP contribution in [0.5, 0.6) is 0 Å². The Bertz CT molecular complexity index is 350. The third-order valence-electron chi connectivity index (χ3n) is 1.57. The predicted octanol–water partition coefficient (Wildman–Crippen LogP) is 1.23. The molecule has 2 aromatic heterocycles. The van der Waals surface area contributed by atoms with Crippen molar-refractivity contribution in [1.29, 1.82) is 0 Å². The van der Waals surface area contributed by atoms with Crippen LogP contribution in [-0.2, 0) is 6.54 Å². The topological polar surface area (TPSA) is 43.9 Å². The molecule has 2 heterocycles. The van der Waals surface area contributed by atoms with Gasteiger partial charge in [0.05, 0.1) is 12.4 Å². The summed E-state index contributed by atoms with van der Waals surface area (Å²) in [7, 11) is 0. The van der Waals surface area contributed by atoms with Crippen molar-refractivity contribution in [3.05, 3.63) is 36.0 Å². The molecule has 0 bridgehead atoms. The summed E-state index contributed by atoms with van der Waals surface area (Å²) < 4.78 is 6.75. The van der Waals surface area contributed by atoms with Crippen molar-refractivity contribution in [3.8, 4) is 0 Å². The molecule has 0 saturated carbocycles. The molecule has 62 valence electrons. The van der Waals surface area contributed by atoms with E-state index in [1.807, 2.05) is 30.1 Å². The Balaban J connectivity index is 2.14. The van der Waals surface area contributed by atoms with Gasteiger partial charge in [-0.05, 0) is 12.5 Å². The lowest BCUT2D eigenvalue weighted by Gasteiger charge is -1.94. The zero-order valence-electron chi connectivity index (χ0n) is 6.77. The van der Waals surface area contributed by atoms with Crippen molar-refractivity contribution < 1.29 is 4.52 Å². The molecule has 0 amide bonds. The second-order valence-electron chi connectivity index (χ2n) is 2.69. The molecule has 0 aliphatic heterocycles. The maximum atomic E-state index is 4.94. The average Bonchev–Trinajstić information content (AvgIpc) is 2.63. The Kier molecular flexibility index (Phi) is 1.66. The van der Waals surface area contributed by atoms with Gasteiger partial charge in [0.25, 0.3) is 0 Å². The SMILES string of the molecule is Cc1cnn(Cc2ccno2)c1. The number of aryl methyl sites for hydroxylation is 1. The van der Waals surface area contributed by atoms with Gasteiger partial charge in [0, 0.05) is 12.3 Å². The van der Waals surface area contributed by atoms with Gasteiger partial charge in [-0.3, -0.25) is 4.68 Å². The second kappa shape index (κ2) is 2.81. The lowest BCUT2D eigenvalue weighted by molar-refractivity contribution is 0.371. The van der Waals surface area contributed by atoms with Gasteiger partial charge in [-0.1, -0.05) is 5.16 Å². The van der Waals surface area contributed by atoms with E-state index >= 15 is 0 Å². The van der Waals surface area contributed by atoms with E-state index < -0.39 is 0 Å². The van der Waals surface area contributed by atoms with Gasteiger partial charge in [0.15, 0.2) is 5.76 Å². The lowest BCUT2D eigenvalue weighted by Crippen LogP contribution is -1.97. The number of rotatable bonds is 2. The van der Waals surface area contributed by atoms with E-state index in [4.69, 9.17) is 4.52 Å². The molecule has 2 rings (SSSR count). The van der Waals surface area contributed by atoms with Crippen LogP contribution in [0.15, 0.2) is 29.2 Å². The largest absolute Gasteiger partial charge is 0.359 e. The Hall–Kier alpha value is -1.58. The molecule has 0 aromatic carbocycles. The summed E-state index contributed by atoms with van der Waals surface area (Å²) in [5, 5.41) is 7.73. The summed E-state index contributed by atoms with van der Waals surface area (Å²) in [6.07, 6.45) is 5.41. The van der Waals surface area contributed by atoms with Crippen molar-refractivity contribution in [2.45, 2.75) is 13.5 Å². The molecule has 0 aliphatic carbocycles. The first-order valence-corrected chi connectivity index (χ1v) is 3.73. The third kappa shape index (κ3) is 1.37. The van der Waals surface area contributed by atoms with Crippen LogP contribution in [0.25, 0.3) is 0 Å². The molecule has 4 heteroatoms. The Morgan fingerprint density at radius 3 is 3.08 bits per heavy atom. The number of hydrogen-bond acceptors (Lipinski definition) is 3. The molecule has 0 N–H and O–H groups in total. The fourth-order valence-corrected chi connectivity index (χ4v) is 1.04. The van der Waals surface area contributed by atoms with Gasteiger partial charge in [0.2, 0.25) is 0 Å². The number of nitrogens with zero attached hydrogens (tertiary/aromatic N) is 3. The van der Waals surface area contributed by atoms with E-state index in [0.717, 1.165) is 11.3 Å². The summed E-state index contributed by atoms with van der Waals surface area (Å²) in [5.74, 6) is 0.818. The minimum absolute atomic E-state index is 0.647. The minimum Gasteiger partial charge on any atom is -0.359 e. The minimum atomic E-state index is 0.647. The normalized spacial score (nSPS) is 10.4. The molecule has 0 aliphatic rings. The van der Waals surface area contributed by atoms with E-state index in [1.54, 1.807) is 6.20 Å². The van der Waals surface area contributed by atoms with Crippen molar-refractivity contribution in [1.82, 2.24) is 14.9 Å². The quantitative estimate of drug-likeness (QED) is 0.668. The molecule has 0 radical (unpaired) electrons. The summed E-state index contributed by atoms with van der Waals surface area (Å²) in [6.45, 7) is 2.65. The van der Waals surface area contributed by atoms with Crippen LogP contribution in [-0.4, -0.2) is 14.9 Å². The molecule has 0 saturated heterocycles. The molecular weight excluding hydrogens is 154 g/mol. The van der Waals surface area contributed by atoms with Gasteiger partial charge in [-0.25, -0.2) is 0 Å². The first-order chi connectivity index (χ1) is 5.84. The van der Waals surface area contributed by atoms with Crippen molar-refractivity contribution in [3.63, 3.8) is 0 Å². The summed E-state index contributed by atoms with van der Waals surface area (Å²) in [5.41, 5.74) is 1.15. The van der Waals surface area contributed by atoms with Crippen molar-refractivity contribution in [2.24, 2.45) is 0 Å². The van der Waals surface area contributed by atoms with Gasteiger partial charge < -0.3 is 4.52 Å². The second-order valence-corrected chi connectivity index (χ2v) is 2.69. The van der Waals surface area contributed by atoms with E-state index in [1.165, 1.54) is 0 Å². The maximum Gasteiger partial charge on any atom is 0.158 e. The maximum absolute atomic E-state index is 4.94. The van der Waals surface area contributed by atoms with E-state index in [9.17, 15) is 0 Å². The van der Waals surface area contributed by atoms with E-state index in [2.05, 4.69) is 10.3 Å². The lowest BCUT2D eigenvalue weighted by atomic mass is 10.4. The molecule has 0 spiro atoms. The smallest absolute Gasteiger partial charge is 0.158 e. The molecule has 0 atom stereocenters. The molecular formula is C8H9N3O. The van der Waals surface area contributed by atoms with Crippen LogP contribution in [0.1, 0.15) is 11.3 Å². The number of aromatic nitrogens is 3. The zero-order chi connectivity index (χ0) is 8.39. The fourth-order valence-electron chi connectivity index (χ4n) is 1.04. The summed E-state index contributed by atoms with van der Waals surface area (Å²) in [4.78, 5) is 0. The standard InChI is InChI=1S/C8H9N3O/c1-7-4-9-11(5-7)6-8-2-3-10-12-8/h2-5H,6H2,1H3. The molecule has 0 fully saturated rings. The molecule has 4 nitrogen and oxygen atoms in total. The highest BCUT2D eigenvalue weighted by molar-refractivity contribution is 5.01. The third-order valence-corrected chi connectivity index (χ3v) is 1.57. The van der Waals surface area contributed by atoms with Crippen molar-refractivity contribution in [2.75, 3.05) is 0 Å². The van der Waals surface area contributed by atoms with Gasteiger partial charge in [-0.15, -0.1) is 0 Å². The summed E-state index contributed by atoms with van der Waals surface area (Å²) in [6, 6.07) is 1.83. The monoisotopic (exact) mass is 163 g/mol. The zero-order valence-corrected chi connectivity index (χ0v) is 6.77. The fraction of sp³-hybridized carbons (Fsp3) is 0.250. The van der Waals surface area contributed by atoms with Crippen LogP contribution in [0, 0.1) is 6.92 Å². The number of hydrogen-bond donors (Lipinski definition) is 0. The van der Waals surface area contributed by atoms with Crippen LogP contribution < -0.4 is 0 Å². The molecule has 2 aromatic rings. The van der Waals surface area contributed by atoms with Crippen LogP contribution in [0.2, 0.25) is 0 Å². The first-order valence-electron chi connectivity index (χ1n) is 3.73. The summed E-state index contributed by atoms with van der Waals surface area (Å²) >= 11 is 0. The Morgan fingerprint density at radius 2 is 2.50 bits per heavy atom. The highest BCUT2D eigenvalue weighted by Crippen LogP contribution is 2.01. The first kappa shape index (κ1) is 7.09. The van der Waals surface area contributed by atoms with Crippen LogP contribution in [0.4, 0.5) is 0 Å². The van der Waals surface area contributed by atoms with E-state index in [-0.39, 0.29) is 0 Å². The average molecular weight is 163 g/mol. The predicted molar refractivity (Wildman–Crippen MR) is 42.6 cm³/mol. The van der Waals surface area contributed by atoms with Crippen molar-refractivity contribution >= 4 is 0 Å². The highest BCUT2D eigenvalue weighted by atomic mass is 16.5. The molecule has 12 heavy (non-hydrogen) atoms.